The lowest BCUT2D eigenvalue weighted by Crippen LogP contribution is -2.56. The number of ketones is 1. The Balaban J connectivity index is 3.04. The molecule has 0 aromatic heterocycles. The molecule has 1 fully saturated rings. The van der Waals surface area contributed by atoms with E-state index in [1.165, 1.54) is 0 Å². The van der Waals surface area contributed by atoms with Gasteiger partial charge in [-0.25, -0.2) is 4.79 Å². The molecule has 0 aliphatic heterocycles. The number of esters is 2. The van der Waals surface area contributed by atoms with Crippen molar-refractivity contribution in [1.29, 1.82) is 0 Å². The zero-order valence-electron chi connectivity index (χ0n) is 11.3. The Labute approximate surface area is 112 Å². The van der Waals surface area contributed by atoms with Crippen molar-refractivity contribution in [1.82, 2.24) is 0 Å². The summed E-state index contributed by atoms with van der Waals surface area (Å²) in [6.45, 7) is 2.83. The SMILES string of the molecule is CCOC(=O)[C@]1(O)CCCCCC(=O)[C@H]1OC(C)=O. The molecule has 1 rings (SSSR count). The van der Waals surface area contributed by atoms with Crippen LogP contribution in [0.2, 0.25) is 0 Å². The molecule has 1 N–H and O–H groups in total. The topological polar surface area (TPSA) is 89.9 Å². The lowest BCUT2D eigenvalue weighted by molar-refractivity contribution is -0.191. The highest BCUT2D eigenvalue weighted by molar-refractivity contribution is 5.94. The van der Waals surface area contributed by atoms with Gasteiger partial charge < -0.3 is 14.6 Å². The molecule has 108 valence electrons. The third kappa shape index (κ3) is 3.76. The summed E-state index contributed by atoms with van der Waals surface area (Å²) < 4.78 is 9.69. The smallest absolute Gasteiger partial charge is 0.342 e. The van der Waals surface area contributed by atoms with Gasteiger partial charge in [0.2, 0.25) is 5.60 Å². The summed E-state index contributed by atoms with van der Waals surface area (Å²) in [5.74, 6) is -2.05. The summed E-state index contributed by atoms with van der Waals surface area (Å²) in [6, 6.07) is 0. The number of carbonyl (C=O) groups excluding carboxylic acids is 3. The van der Waals surface area contributed by atoms with Crippen LogP contribution in [-0.2, 0) is 23.9 Å². The molecule has 0 bridgehead atoms. The fraction of sp³-hybridized carbons (Fsp3) is 0.769. The first kappa shape index (κ1) is 15.6. The van der Waals surface area contributed by atoms with Gasteiger partial charge in [0.05, 0.1) is 6.61 Å². The van der Waals surface area contributed by atoms with Crippen molar-refractivity contribution < 1.29 is 29.0 Å². The third-order valence-electron chi connectivity index (χ3n) is 3.12. The summed E-state index contributed by atoms with van der Waals surface area (Å²) in [6.07, 6.45) is 0.731. The van der Waals surface area contributed by atoms with Crippen molar-refractivity contribution in [2.24, 2.45) is 0 Å². The van der Waals surface area contributed by atoms with Gasteiger partial charge in [0.1, 0.15) is 0 Å². The molecule has 6 nitrogen and oxygen atoms in total. The standard InChI is InChI=1S/C13H20O6/c1-3-18-12(16)13(17)8-6-4-5-7-10(15)11(13)19-9(2)14/h11,17H,3-8H2,1-2H3/t11-,13+/m1/s1. The predicted octanol–water partition coefficient (Wildman–Crippen LogP) is 0.745. The van der Waals surface area contributed by atoms with Gasteiger partial charge in [-0.05, 0) is 26.2 Å². The Morgan fingerprint density at radius 3 is 2.63 bits per heavy atom. The van der Waals surface area contributed by atoms with Crippen LogP contribution in [0.4, 0.5) is 0 Å². The monoisotopic (exact) mass is 272 g/mol. The Hall–Kier alpha value is -1.43. The first-order chi connectivity index (χ1) is 8.91. The highest BCUT2D eigenvalue weighted by Gasteiger charge is 2.51. The number of Topliss-reactive ketones (excluding diaryl/α,β-unsaturated/α-hetero) is 1. The summed E-state index contributed by atoms with van der Waals surface area (Å²) in [5, 5.41) is 10.5. The van der Waals surface area contributed by atoms with Gasteiger partial charge in [0.25, 0.3) is 0 Å². The summed E-state index contributed by atoms with van der Waals surface area (Å²) in [7, 11) is 0. The van der Waals surface area contributed by atoms with Gasteiger partial charge in [0, 0.05) is 13.3 Å². The Morgan fingerprint density at radius 2 is 2.05 bits per heavy atom. The van der Waals surface area contributed by atoms with Crippen LogP contribution in [0.15, 0.2) is 0 Å². The van der Waals surface area contributed by atoms with Crippen LogP contribution in [0, 0.1) is 0 Å². The maximum absolute atomic E-state index is 12.0. The van der Waals surface area contributed by atoms with E-state index in [-0.39, 0.29) is 19.4 Å². The number of hydrogen-bond acceptors (Lipinski definition) is 6. The van der Waals surface area contributed by atoms with Crippen LogP contribution < -0.4 is 0 Å². The number of ether oxygens (including phenoxy) is 2. The highest BCUT2D eigenvalue weighted by atomic mass is 16.6. The molecule has 0 spiro atoms. The maximum atomic E-state index is 12.0. The third-order valence-corrected chi connectivity index (χ3v) is 3.12. The molecule has 0 saturated heterocycles. The van der Waals surface area contributed by atoms with Crippen molar-refractivity contribution in [2.45, 2.75) is 57.7 Å². The minimum absolute atomic E-state index is 0.0511. The number of carbonyl (C=O) groups is 3. The lowest BCUT2D eigenvalue weighted by Gasteiger charge is -2.33. The molecule has 2 atom stereocenters. The molecule has 0 aromatic rings. The largest absolute Gasteiger partial charge is 0.464 e. The lowest BCUT2D eigenvalue weighted by atomic mass is 9.83. The molecule has 6 heteroatoms. The Morgan fingerprint density at radius 1 is 1.37 bits per heavy atom. The van der Waals surface area contributed by atoms with E-state index in [9.17, 15) is 19.5 Å². The van der Waals surface area contributed by atoms with Crippen LogP contribution in [0.5, 0.6) is 0 Å². The minimum Gasteiger partial charge on any atom is -0.464 e. The molecule has 1 aliphatic rings. The van der Waals surface area contributed by atoms with E-state index in [2.05, 4.69) is 0 Å². The van der Waals surface area contributed by atoms with Crippen molar-refractivity contribution in [3.8, 4) is 0 Å². The van der Waals surface area contributed by atoms with Gasteiger partial charge in [0.15, 0.2) is 11.9 Å². The molecule has 1 saturated carbocycles. The predicted molar refractivity (Wildman–Crippen MR) is 65.2 cm³/mol. The van der Waals surface area contributed by atoms with Gasteiger partial charge in [-0.15, -0.1) is 0 Å². The second-order valence-corrected chi connectivity index (χ2v) is 4.66. The minimum atomic E-state index is -2.07. The second kappa shape index (κ2) is 6.65. The molecule has 1 aliphatic carbocycles. The fourth-order valence-electron chi connectivity index (χ4n) is 2.19. The molecule has 0 heterocycles. The van der Waals surface area contributed by atoms with Crippen LogP contribution in [0.25, 0.3) is 0 Å². The summed E-state index contributed by atoms with van der Waals surface area (Å²) in [4.78, 5) is 35.0. The molecule has 0 radical (unpaired) electrons. The second-order valence-electron chi connectivity index (χ2n) is 4.66. The van der Waals surface area contributed by atoms with Crippen molar-refractivity contribution in [3.05, 3.63) is 0 Å². The van der Waals surface area contributed by atoms with Crippen molar-refractivity contribution >= 4 is 17.7 Å². The Bertz CT molecular complexity index is 364. The average Bonchev–Trinajstić information content (AvgIpc) is 2.33. The summed E-state index contributed by atoms with van der Waals surface area (Å²) >= 11 is 0. The van der Waals surface area contributed by atoms with Crippen LogP contribution in [0.3, 0.4) is 0 Å². The zero-order valence-corrected chi connectivity index (χ0v) is 11.3. The zero-order chi connectivity index (χ0) is 14.5. The highest BCUT2D eigenvalue weighted by Crippen LogP contribution is 2.28. The molecule has 0 aromatic carbocycles. The fourth-order valence-corrected chi connectivity index (χ4v) is 2.19. The van der Waals surface area contributed by atoms with E-state index < -0.39 is 29.4 Å². The summed E-state index contributed by atoms with van der Waals surface area (Å²) in [5.41, 5.74) is -2.07. The van der Waals surface area contributed by atoms with Crippen molar-refractivity contribution in [2.75, 3.05) is 6.61 Å². The number of hydrogen-bond donors (Lipinski definition) is 1. The normalized spacial score (nSPS) is 28.2. The van der Waals surface area contributed by atoms with Gasteiger partial charge in [-0.1, -0.05) is 6.42 Å². The van der Waals surface area contributed by atoms with E-state index in [1.54, 1.807) is 6.92 Å². The van der Waals surface area contributed by atoms with Gasteiger partial charge in [-0.3, -0.25) is 9.59 Å². The van der Waals surface area contributed by atoms with E-state index in [4.69, 9.17) is 9.47 Å². The number of rotatable bonds is 3. The van der Waals surface area contributed by atoms with E-state index >= 15 is 0 Å². The van der Waals surface area contributed by atoms with Gasteiger partial charge >= 0.3 is 11.9 Å². The van der Waals surface area contributed by atoms with E-state index in [0.717, 1.165) is 13.3 Å². The first-order valence-electron chi connectivity index (χ1n) is 6.51. The quantitative estimate of drug-likeness (QED) is 0.762. The molecule has 19 heavy (non-hydrogen) atoms. The molecule has 0 amide bonds. The molecular formula is C13H20O6. The van der Waals surface area contributed by atoms with E-state index in [1.807, 2.05) is 0 Å². The van der Waals surface area contributed by atoms with Crippen LogP contribution in [-0.4, -0.2) is 41.1 Å². The maximum Gasteiger partial charge on any atom is 0.342 e. The average molecular weight is 272 g/mol. The molecular weight excluding hydrogens is 252 g/mol. The molecule has 0 unspecified atom stereocenters. The Kier molecular flexibility index (Phi) is 5.47. The first-order valence-corrected chi connectivity index (χ1v) is 6.51. The van der Waals surface area contributed by atoms with E-state index in [0.29, 0.717) is 12.8 Å². The number of aliphatic hydroxyl groups is 1. The van der Waals surface area contributed by atoms with Crippen LogP contribution >= 0.6 is 0 Å². The van der Waals surface area contributed by atoms with Crippen molar-refractivity contribution in [3.63, 3.8) is 0 Å². The van der Waals surface area contributed by atoms with Crippen LogP contribution in [0.1, 0.15) is 46.0 Å². The van der Waals surface area contributed by atoms with Gasteiger partial charge in [-0.2, -0.15) is 0 Å².